The van der Waals surface area contributed by atoms with Crippen LogP contribution in [0.15, 0.2) is 36.9 Å². The first-order chi connectivity index (χ1) is 12.2. The predicted molar refractivity (Wildman–Crippen MR) is 95.3 cm³/mol. The van der Waals surface area contributed by atoms with E-state index in [1.807, 2.05) is 36.9 Å². The number of carbonyl (C=O) groups excluding carboxylic acids is 1. The van der Waals surface area contributed by atoms with E-state index in [0.717, 1.165) is 43.9 Å². The number of aromatic nitrogens is 3. The lowest BCUT2D eigenvalue weighted by Gasteiger charge is -2.43. The molecule has 0 bridgehead atoms. The molecule has 6 heteroatoms. The number of piperidine rings is 1. The van der Waals surface area contributed by atoms with Crippen LogP contribution in [0.5, 0.6) is 0 Å². The molecule has 4 rings (SSSR count). The van der Waals surface area contributed by atoms with Crippen molar-refractivity contribution in [2.45, 2.75) is 44.1 Å². The van der Waals surface area contributed by atoms with Crippen LogP contribution in [0.2, 0.25) is 0 Å². The predicted octanol–water partition coefficient (Wildman–Crippen LogP) is 2.08. The number of hydrogen-bond acceptors (Lipinski definition) is 5. The van der Waals surface area contributed by atoms with Crippen molar-refractivity contribution < 1.29 is 4.79 Å². The molecule has 1 N–H and O–H groups in total. The van der Waals surface area contributed by atoms with Gasteiger partial charge in [-0.25, -0.2) is 9.97 Å². The molecule has 6 nitrogen and oxygen atoms in total. The molecule has 2 aliphatic heterocycles. The van der Waals surface area contributed by atoms with E-state index in [4.69, 9.17) is 0 Å². The van der Waals surface area contributed by atoms with Crippen LogP contribution in [0.25, 0.3) is 0 Å². The van der Waals surface area contributed by atoms with Gasteiger partial charge in [0.15, 0.2) is 0 Å². The molecule has 0 radical (unpaired) electrons. The zero-order valence-electron chi connectivity index (χ0n) is 14.5. The number of aryl methyl sites for hydroxylation is 1. The molecule has 4 heterocycles. The van der Waals surface area contributed by atoms with Crippen LogP contribution in [-0.4, -0.2) is 39.5 Å². The molecule has 2 aliphatic rings. The largest absolute Gasteiger partial charge is 0.350 e. The molecule has 2 aromatic rings. The molecule has 2 saturated heterocycles. The van der Waals surface area contributed by atoms with E-state index in [1.54, 1.807) is 0 Å². The molecular weight excluding hydrogens is 314 g/mol. The van der Waals surface area contributed by atoms with Gasteiger partial charge in [-0.15, -0.1) is 0 Å². The summed E-state index contributed by atoms with van der Waals surface area (Å²) in [4.78, 5) is 27.5. The third-order valence-corrected chi connectivity index (χ3v) is 5.59. The van der Waals surface area contributed by atoms with Crippen LogP contribution in [0.3, 0.4) is 0 Å². The molecule has 0 unspecified atom stereocenters. The summed E-state index contributed by atoms with van der Waals surface area (Å²) in [6.07, 6.45) is 10.8. The van der Waals surface area contributed by atoms with Gasteiger partial charge in [0, 0.05) is 50.2 Å². The van der Waals surface area contributed by atoms with Gasteiger partial charge in [-0.05, 0) is 42.5 Å². The summed E-state index contributed by atoms with van der Waals surface area (Å²) in [5.74, 6) is 1.16. The quantitative estimate of drug-likeness (QED) is 0.928. The Morgan fingerprint density at radius 3 is 2.52 bits per heavy atom. The molecule has 25 heavy (non-hydrogen) atoms. The first-order valence-corrected chi connectivity index (χ1v) is 8.97. The van der Waals surface area contributed by atoms with Crippen molar-refractivity contribution in [1.82, 2.24) is 20.3 Å². The number of carbonyl (C=O) groups is 1. The van der Waals surface area contributed by atoms with Gasteiger partial charge >= 0.3 is 0 Å². The molecule has 2 aromatic heterocycles. The van der Waals surface area contributed by atoms with E-state index >= 15 is 0 Å². The first-order valence-electron chi connectivity index (χ1n) is 8.97. The number of nitrogens with zero attached hydrogens (tertiary/aromatic N) is 4. The van der Waals surface area contributed by atoms with Gasteiger partial charge in [0.2, 0.25) is 11.9 Å². The molecular formula is C19H23N5O. The van der Waals surface area contributed by atoms with Crippen LogP contribution in [0, 0.1) is 0 Å². The topological polar surface area (TPSA) is 71.0 Å². The summed E-state index contributed by atoms with van der Waals surface area (Å²) >= 11 is 0. The van der Waals surface area contributed by atoms with Crippen molar-refractivity contribution >= 4 is 11.9 Å². The summed E-state index contributed by atoms with van der Waals surface area (Å²) in [5.41, 5.74) is 2.20. The van der Waals surface area contributed by atoms with Gasteiger partial charge in [0.1, 0.15) is 0 Å². The maximum Gasteiger partial charge on any atom is 0.225 e. The number of nitrogens with one attached hydrogen (secondary N) is 1. The average molecular weight is 337 g/mol. The third kappa shape index (κ3) is 2.97. The van der Waals surface area contributed by atoms with Gasteiger partial charge in [-0.3, -0.25) is 9.78 Å². The lowest BCUT2D eigenvalue weighted by atomic mass is 9.74. The molecule has 130 valence electrons. The van der Waals surface area contributed by atoms with Crippen LogP contribution in [0.1, 0.15) is 43.2 Å². The van der Waals surface area contributed by atoms with Crippen molar-refractivity contribution in [3.8, 4) is 0 Å². The smallest absolute Gasteiger partial charge is 0.225 e. The van der Waals surface area contributed by atoms with E-state index in [1.165, 1.54) is 5.56 Å². The molecule has 0 aliphatic carbocycles. The summed E-state index contributed by atoms with van der Waals surface area (Å²) in [7, 11) is 0. The van der Waals surface area contributed by atoms with Crippen molar-refractivity contribution in [1.29, 1.82) is 0 Å². The first kappa shape index (κ1) is 16.0. The molecule has 0 saturated carbocycles. The zero-order chi connectivity index (χ0) is 17.3. The molecule has 2 fully saturated rings. The van der Waals surface area contributed by atoms with Crippen LogP contribution >= 0.6 is 0 Å². The monoisotopic (exact) mass is 337 g/mol. The Hall–Kier alpha value is -2.50. The second-order valence-corrected chi connectivity index (χ2v) is 6.97. The maximum absolute atomic E-state index is 12.2. The Bertz CT molecular complexity index is 738. The Labute approximate surface area is 147 Å². The number of pyridine rings is 1. The summed E-state index contributed by atoms with van der Waals surface area (Å²) in [6, 6.07) is 4.07. The molecule has 1 spiro atoms. The summed E-state index contributed by atoms with van der Waals surface area (Å²) < 4.78 is 0. The number of rotatable bonds is 3. The van der Waals surface area contributed by atoms with Gasteiger partial charge in [-0.1, -0.05) is 6.92 Å². The zero-order valence-corrected chi connectivity index (χ0v) is 14.5. The van der Waals surface area contributed by atoms with E-state index in [-0.39, 0.29) is 17.4 Å². The fourth-order valence-electron chi connectivity index (χ4n) is 4.10. The van der Waals surface area contributed by atoms with E-state index < -0.39 is 0 Å². The van der Waals surface area contributed by atoms with Gasteiger partial charge in [-0.2, -0.15) is 0 Å². The SMILES string of the molecule is CCc1cnc(N2CCC3(CC2)NC(=O)C[C@@H]3c2ccncc2)nc1. The number of anilines is 1. The fourth-order valence-corrected chi connectivity index (χ4v) is 4.10. The van der Waals surface area contributed by atoms with E-state index in [2.05, 4.69) is 32.1 Å². The van der Waals surface area contributed by atoms with Gasteiger partial charge < -0.3 is 10.2 Å². The molecule has 0 aromatic carbocycles. The second kappa shape index (κ2) is 6.43. The van der Waals surface area contributed by atoms with Crippen molar-refractivity contribution in [3.05, 3.63) is 48.0 Å². The Kier molecular flexibility index (Phi) is 4.11. The van der Waals surface area contributed by atoms with E-state index in [9.17, 15) is 4.79 Å². The standard InChI is InChI=1S/C19H23N5O/c1-2-14-12-21-18(22-13-14)24-9-5-19(6-10-24)16(11-17(25)23-19)15-3-7-20-8-4-15/h3-4,7-8,12-13,16H,2,5-6,9-11H2,1H3,(H,23,25)/t16-/m1/s1. The lowest BCUT2D eigenvalue weighted by molar-refractivity contribution is -0.119. The highest BCUT2D eigenvalue weighted by molar-refractivity contribution is 5.81. The lowest BCUT2D eigenvalue weighted by Crippen LogP contribution is -2.53. The Morgan fingerprint density at radius 1 is 1.20 bits per heavy atom. The minimum absolute atomic E-state index is 0.152. The van der Waals surface area contributed by atoms with E-state index in [0.29, 0.717) is 6.42 Å². The highest BCUT2D eigenvalue weighted by Gasteiger charge is 2.48. The highest BCUT2D eigenvalue weighted by Crippen LogP contribution is 2.43. The van der Waals surface area contributed by atoms with Crippen molar-refractivity contribution in [3.63, 3.8) is 0 Å². The van der Waals surface area contributed by atoms with Crippen molar-refractivity contribution in [2.24, 2.45) is 0 Å². The molecule has 1 amide bonds. The Morgan fingerprint density at radius 2 is 1.88 bits per heavy atom. The number of amides is 1. The van der Waals surface area contributed by atoms with Crippen LogP contribution in [0.4, 0.5) is 5.95 Å². The minimum atomic E-state index is -0.154. The fraction of sp³-hybridized carbons (Fsp3) is 0.474. The van der Waals surface area contributed by atoms with Crippen LogP contribution in [-0.2, 0) is 11.2 Å². The highest BCUT2D eigenvalue weighted by atomic mass is 16.2. The number of hydrogen-bond donors (Lipinski definition) is 1. The average Bonchev–Trinajstić information content (AvgIpc) is 2.99. The summed E-state index contributed by atoms with van der Waals surface area (Å²) in [5, 5.41) is 3.28. The molecule has 1 atom stereocenters. The summed E-state index contributed by atoms with van der Waals surface area (Å²) in [6.45, 7) is 3.81. The second-order valence-electron chi connectivity index (χ2n) is 6.97. The Balaban J connectivity index is 1.51. The normalized spacial score (nSPS) is 22.2. The van der Waals surface area contributed by atoms with Crippen molar-refractivity contribution in [2.75, 3.05) is 18.0 Å². The van der Waals surface area contributed by atoms with Gasteiger partial charge in [0.05, 0.1) is 5.54 Å². The van der Waals surface area contributed by atoms with Crippen LogP contribution < -0.4 is 10.2 Å². The third-order valence-electron chi connectivity index (χ3n) is 5.59. The van der Waals surface area contributed by atoms with Gasteiger partial charge in [0.25, 0.3) is 0 Å². The maximum atomic E-state index is 12.2. The minimum Gasteiger partial charge on any atom is -0.350 e.